The van der Waals surface area contributed by atoms with Crippen LogP contribution in [0.5, 0.6) is 5.75 Å². The van der Waals surface area contributed by atoms with Crippen LogP contribution in [0, 0.1) is 6.92 Å². The molecular formula is C17H21N3O4S2. The monoisotopic (exact) mass is 395 g/mol. The number of sulfonamides is 1. The summed E-state index contributed by atoms with van der Waals surface area (Å²) < 4.78 is 27.1. The second kappa shape index (κ2) is 7.75. The molecule has 0 bridgehead atoms. The topological polar surface area (TPSA) is 90.0 Å². The third kappa shape index (κ3) is 4.42. The molecule has 0 aliphatic carbocycles. The lowest BCUT2D eigenvalue weighted by atomic mass is 10.3. The average Bonchev–Trinajstić information content (AvgIpc) is 3.05. The molecule has 9 heteroatoms. The smallest absolute Gasteiger partial charge is 0.252 e. The van der Waals surface area contributed by atoms with E-state index in [1.165, 1.54) is 27.8 Å². The van der Waals surface area contributed by atoms with E-state index in [2.05, 4.69) is 5.32 Å². The Bertz CT molecular complexity index is 870. The zero-order valence-corrected chi connectivity index (χ0v) is 16.0. The average molecular weight is 396 g/mol. The Morgan fingerprint density at radius 1 is 1.12 bits per heavy atom. The number of rotatable bonds is 5. The van der Waals surface area contributed by atoms with Crippen LogP contribution in [0.3, 0.4) is 0 Å². The maximum absolute atomic E-state index is 12.6. The number of phenolic OH excluding ortho intramolecular Hbond substituents is 1. The number of phenols is 1. The third-order valence-electron chi connectivity index (χ3n) is 4.16. The third-order valence-corrected chi connectivity index (χ3v) is 7.53. The molecule has 1 amide bonds. The number of hydrogen-bond donors (Lipinski definition) is 2. The molecular weight excluding hydrogens is 374 g/mol. The zero-order valence-electron chi connectivity index (χ0n) is 14.4. The van der Waals surface area contributed by atoms with E-state index in [0.717, 1.165) is 4.88 Å². The standard InChI is InChI=1S/C17H21N3O4S2/c1-13-2-7-17(25-13)26(23,24)20-10-8-19(9-11-20)12-16(22)18-14-3-5-15(21)6-4-14/h2-7,21H,8-12H2,1H3,(H,18,22). The van der Waals surface area contributed by atoms with Crippen LogP contribution in [-0.4, -0.2) is 61.4 Å². The Morgan fingerprint density at radius 2 is 1.77 bits per heavy atom. The summed E-state index contributed by atoms with van der Waals surface area (Å²) in [7, 11) is -3.44. The van der Waals surface area contributed by atoms with Gasteiger partial charge in [0.05, 0.1) is 6.54 Å². The summed E-state index contributed by atoms with van der Waals surface area (Å²) in [6, 6.07) is 9.72. The number of carbonyl (C=O) groups excluding carboxylic acids is 1. The molecule has 1 aliphatic rings. The van der Waals surface area contributed by atoms with Crippen LogP contribution in [0.4, 0.5) is 5.69 Å². The first-order valence-corrected chi connectivity index (χ1v) is 10.5. The first-order valence-electron chi connectivity index (χ1n) is 8.22. The van der Waals surface area contributed by atoms with Crippen molar-refractivity contribution < 1.29 is 18.3 Å². The fraction of sp³-hybridized carbons (Fsp3) is 0.353. The van der Waals surface area contributed by atoms with Crippen molar-refractivity contribution in [2.45, 2.75) is 11.1 Å². The summed E-state index contributed by atoms with van der Waals surface area (Å²) in [6.45, 7) is 3.83. The van der Waals surface area contributed by atoms with Crippen LogP contribution in [0.2, 0.25) is 0 Å². The molecule has 7 nitrogen and oxygen atoms in total. The number of amides is 1. The molecule has 0 spiro atoms. The number of anilines is 1. The number of benzene rings is 1. The lowest BCUT2D eigenvalue weighted by Crippen LogP contribution is -2.50. The number of carbonyl (C=O) groups is 1. The molecule has 0 radical (unpaired) electrons. The summed E-state index contributed by atoms with van der Waals surface area (Å²) in [5.41, 5.74) is 0.613. The summed E-state index contributed by atoms with van der Waals surface area (Å²) in [5, 5.41) is 12.0. The van der Waals surface area contributed by atoms with Crippen molar-refractivity contribution in [1.82, 2.24) is 9.21 Å². The number of hydrogen-bond acceptors (Lipinski definition) is 6. The molecule has 0 saturated carbocycles. The highest BCUT2D eigenvalue weighted by atomic mass is 32.2. The van der Waals surface area contributed by atoms with E-state index in [1.54, 1.807) is 18.2 Å². The van der Waals surface area contributed by atoms with Crippen LogP contribution >= 0.6 is 11.3 Å². The molecule has 2 N–H and O–H groups in total. The molecule has 0 unspecified atom stereocenters. The zero-order chi connectivity index (χ0) is 18.7. The first-order chi connectivity index (χ1) is 12.3. The van der Waals surface area contributed by atoms with E-state index < -0.39 is 10.0 Å². The Morgan fingerprint density at radius 3 is 2.35 bits per heavy atom. The Balaban J connectivity index is 1.52. The maximum atomic E-state index is 12.6. The Labute approximate surface area is 156 Å². The largest absolute Gasteiger partial charge is 0.508 e. The normalized spacial score (nSPS) is 16.5. The van der Waals surface area contributed by atoms with E-state index in [-0.39, 0.29) is 18.2 Å². The molecule has 1 aliphatic heterocycles. The second-order valence-corrected chi connectivity index (χ2v) is 9.59. The fourth-order valence-corrected chi connectivity index (χ4v) is 5.61. The number of thiophene rings is 1. The van der Waals surface area contributed by atoms with Crippen molar-refractivity contribution in [1.29, 1.82) is 0 Å². The van der Waals surface area contributed by atoms with Gasteiger partial charge < -0.3 is 10.4 Å². The minimum absolute atomic E-state index is 0.140. The predicted octanol–water partition coefficient (Wildman–Crippen LogP) is 1.71. The molecule has 2 aromatic rings. The number of nitrogens with one attached hydrogen (secondary N) is 1. The van der Waals surface area contributed by atoms with Crippen molar-refractivity contribution >= 4 is 33.0 Å². The number of aromatic hydroxyl groups is 1. The minimum atomic E-state index is -3.44. The van der Waals surface area contributed by atoms with Gasteiger partial charge in [0, 0.05) is 36.7 Å². The van der Waals surface area contributed by atoms with E-state index in [1.807, 2.05) is 17.9 Å². The van der Waals surface area contributed by atoms with E-state index in [4.69, 9.17) is 0 Å². The van der Waals surface area contributed by atoms with E-state index in [9.17, 15) is 18.3 Å². The summed E-state index contributed by atoms with van der Waals surface area (Å²) >= 11 is 1.28. The Kier molecular flexibility index (Phi) is 5.61. The van der Waals surface area contributed by atoms with Gasteiger partial charge in [0.1, 0.15) is 9.96 Å². The lowest BCUT2D eigenvalue weighted by molar-refractivity contribution is -0.117. The molecule has 26 heavy (non-hydrogen) atoms. The van der Waals surface area contributed by atoms with Gasteiger partial charge in [0.15, 0.2) is 0 Å². The molecule has 1 saturated heterocycles. The number of aryl methyl sites for hydroxylation is 1. The molecule has 1 aromatic carbocycles. The lowest BCUT2D eigenvalue weighted by Gasteiger charge is -2.33. The van der Waals surface area contributed by atoms with Gasteiger partial charge in [0.2, 0.25) is 5.91 Å². The van der Waals surface area contributed by atoms with Gasteiger partial charge in [0.25, 0.3) is 10.0 Å². The molecule has 140 valence electrons. The van der Waals surface area contributed by atoms with Crippen molar-refractivity contribution in [2.24, 2.45) is 0 Å². The second-order valence-electron chi connectivity index (χ2n) is 6.14. The molecule has 1 fully saturated rings. The summed E-state index contributed by atoms with van der Waals surface area (Å²) in [4.78, 5) is 15.0. The van der Waals surface area contributed by atoms with Crippen molar-refractivity contribution in [3.8, 4) is 5.75 Å². The number of nitrogens with zero attached hydrogens (tertiary/aromatic N) is 2. The van der Waals surface area contributed by atoms with Crippen molar-refractivity contribution in [3.05, 3.63) is 41.3 Å². The van der Waals surface area contributed by atoms with Gasteiger partial charge in [-0.25, -0.2) is 8.42 Å². The maximum Gasteiger partial charge on any atom is 0.252 e. The Hall–Kier alpha value is -1.94. The minimum Gasteiger partial charge on any atom is -0.508 e. The van der Waals surface area contributed by atoms with Gasteiger partial charge in [-0.05, 0) is 43.3 Å². The highest BCUT2D eigenvalue weighted by Crippen LogP contribution is 2.25. The van der Waals surface area contributed by atoms with Gasteiger partial charge in [-0.3, -0.25) is 9.69 Å². The van der Waals surface area contributed by atoms with E-state index in [0.29, 0.717) is 36.1 Å². The molecule has 3 rings (SSSR count). The molecule has 0 atom stereocenters. The van der Waals surface area contributed by atoms with Gasteiger partial charge >= 0.3 is 0 Å². The number of piperazine rings is 1. The fourth-order valence-electron chi connectivity index (χ4n) is 2.75. The van der Waals surface area contributed by atoms with Crippen LogP contribution in [-0.2, 0) is 14.8 Å². The van der Waals surface area contributed by atoms with Gasteiger partial charge in [-0.2, -0.15) is 4.31 Å². The van der Waals surface area contributed by atoms with Crippen LogP contribution in [0.25, 0.3) is 0 Å². The highest BCUT2D eigenvalue weighted by Gasteiger charge is 2.29. The van der Waals surface area contributed by atoms with Crippen LogP contribution < -0.4 is 5.32 Å². The predicted molar refractivity (Wildman–Crippen MR) is 101 cm³/mol. The van der Waals surface area contributed by atoms with E-state index >= 15 is 0 Å². The van der Waals surface area contributed by atoms with Gasteiger partial charge in [-0.1, -0.05) is 0 Å². The van der Waals surface area contributed by atoms with Crippen LogP contribution in [0.1, 0.15) is 4.88 Å². The quantitative estimate of drug-likeness (QED) is 0.752. The summed E-state index contributed by atoms with van der Waals surface area (Å²) in [6.07, 6.45) is 0. The first kappa shape index (κ1) is 18.8. The molecule has 1 aromatic heterocycles. The van der Waals surface area contributed by atoms with Gasteiger partial charge in [-0.15, -0.1) is 11.3 Å². The van der Waals surface area contributed by atoms with Crippen LogP contribution in [0.15, 0.2) is 40.6 Å². The van der Waals surface area contributed by atoms with Crippen molar-refractivity contribution in [2.75, 3.05) is 38.0 Å². The molecule has 2 heterocycles. The van der Waals surface area contributed by atoms with Crippen molar-refractivity contribution in [3.63, 3.8) is 0 Å². The highest BCUT2D eigenvalue weighted by molar-refractivity contribution is 7.91. The SMILES string of the molecule is Cc1ccc(S(=O)(=O)N2CCN(CC(=O)Nc3ccc(O)cc3)CC2)s1. The summed E-state index contributed by atoms with van der Waals surface area (Å²) in [5.74, 6) is -0.0258.